The first kappa shape index (κ1) is 19.9. The lowest BCUT2D eigenvalue weighted by Gasteiger charge is -2.34. The molecule has 0 saturated carbocycles. The Hall–Kier alpha value is -2.38. The van der Waals surface area contributed by atoms with Crippen molar-refractivity contribution in [1.29, 1.82) is 0 Å². The van der Waals surface area contributed by atoms with Crippen LogP contribution >= 0.6 is 15.9 Å². The fourth-order valence-corrected chi connectivity index (χ4v) is 4.28. The normalized spacial score (nSPS) is 15.1. The Labute approximate surface area is 179 Å². The third-order valence-corrected chi connectivity index (χ3v) is 5.99. The molecule has 6 nitrogen and oxygen atoms in total. The van der Waals surface area contributed by atoms with Crippen molar-refractivity contribution in [3.8, 4) is 5.75 Å². The third-order valence-electron chi connectivity index (χ3n) is 5.37. The number of nitrogens with zero attached hydrogens (tertiary/aromatic N) is 4. The minimum Gasteiger partial charge on any atom is -0.483 e. The molecule has 1 fully saturated rings. The van der Waals surface area contributed by atoms with Crippen molar-refractivity contribution in [2.75, 3.05) is 32.8 Å². The molecular weight excluding hydrogens is 432 g/mol. The van der Waals surface area contributed by atoms with Gasteiger partial charge in [-0.2, -0.15) is 0 Å². The lowest BCUT2D eigenvalue weighted by atomic mass is 10.2. The number of imidazole rings is 1. The van der Waals surface area contributed by atoms with Crippen molar-refractivity contribution in [3.63, 3.8) is 0 Å². The van der Waals surface area contributed by atoms with Gasteiger partial charge in [-0.25, -0.2) is 4.98 Å². The van der Waals surface area contributed by atoms with Gasteiger partial charge in [0.25, 0.3) is 5.91 Å². The highest BCUT2D eigenvalue weighted by molar-refractivity contribution is 9.10. The Morgan fingerprint density at radius 3 is 2.69 bits per heavy atom. The van der Waals surface area contributed by atoms with Gasteiger partial charge in [0.15, 0.2) is 6.61 Å². The Morgan fingerprint density at radius 2 is 1.93 bits per heavy atom. The summed E-state index contributed by atoms with van der Waals surface area (Å²) >= 11 is 3.49. The summed E-state index contributed by atoms with van der Waals surface area (Å²) in [5.41, 5.74) is 4.40. The van der Waals surface area contributed by atoms with Gasteiger partial charge in [0.1, 0.15) is 11.4 Å². The molecular formula is C22H25BrN4O2. The number of halogens is 1. The number of fused-ring (bicyclic) bond motifs is 1. The maximum atomic E-state index is 12.6. The zero-order valence-corrected chi connectivity index (χ0v) is 18.4. The molecule has 1 aliphatic heterocycles. The quantitative estimate of drug-likeness (QED) is 0.589. The van der Waals surface area contributed by atoms with Crippen LogP contribution < -0.4 is 4.74 Å². The fourth-order valence-electron chi connectivity index (χ4n) is 3.68. The molecule has 3 aromatic rings. The van der Waals surface area contributed by atoms with Crippen LogP contribution in [0.5, 0.6) is 5.75 Å². The number of hydrogen-bond donors (Lipinski definition) is 0. The minimum atomic E-state index is 0.0307. The lowest BCUT2D eigenvalue weighted by Crippen LogP contribution is -2.49. The zero-order chi connectivity index (χ0) is 20.4. The number of aryl methyl sites for hydroxylation is 2. The number of piperazine rings is 1. The number of benzene rings is 1. The Bertz CT molecular complexity index is 1020. The van der Waals surface area contributed by atoms with E-state index < -0.39 is 0 Å². The molecule has 7 heteroatoms. The van der Waals surface area contributed by atoms with Crippen molar-refractivity contribution < 1.29 is 9.53 Å². The van der Waals surface area contributed by atoms with Gasteiger partial charge < -0.3 is 14.0 Å². The van der Waals surface area contributed by atoms with E-state index in [0.29, 0.717) is 18.8 Å². The fraction of sp³-hybridized carbons (Fsp3) is 0.364. The van der Waals surface area contributed by atoms with Crippen LogP contribution in [0.4, 0.5) is 0 Å². The molecule has 0 radical (unpaired) electrons. The molecule has 2 aromatic heterocycles. The van der Waals surface area contributed by atoms with Gasteiger partial charge in [0.2, 0.25) is 0 Å². The predicted molar refractivity (Wildman–Crippen MR) is 116 cm³/mol. The molecule has 0 N–H and O–H groups in total. The number of hydrogen-bond acceptors (Lipinski definition) is 4. The van der Waals surface area contributed by atoms with Crippen LogP contribution in [0.15, 0.2) is 47.1 Å². The SMILES string of the molecule is Cc1ccc(OCC(=O)N2CCN(Cc3c(C)nc4ccccn34)CC2)c(Br)c1. The summed E-state index contributed by atoms with van der Waals surface area (Å²) in [5, 5.41) is 0. The number of carbonyl (C=O) groups excluding carboxylic acids is 1. The maximum Gasteiger partial charge on any atom is 0.260 e. The first-order chi connectivity index (χ1) is 14.0. The van der Waals surface area contributed by atoms with Crippen LogP contribution in [0.2, 0.25) is 0 Å². The van der Waals surface area contributed by atoms with Crippen LogP contribution in [0.1, 0.15) is 17.0 Å². The summed E-state index contributed by atoms with van der Waals surface area (Å²) < 4.78 is 8.75. The molecule has 1 aliphatic rings. The van der Waals surface area contributed by atoms with E-state index in [0.717, 1.165) is 41.0 Å². The molecule has 0 atom stereocenters. The molecule has 0 unspecified atom stereocenters. The molecule has 1 saturated heterocycles. The predicted octanol–water partition coefficient (Wildman–Crippen LogP) is 3.44. The summed E-state index contributed by atoms with van der Waals surface area (Å²) in [6, 6.07) is 11.9. The molecule has 0 bridgehead atoms. The highest BCUT2D eigenvalue weighted by Crippen LogP contribution is 2.25. The molecule has 3 heterocycles. The maximum absolute atomic E-state index is 12.6. The highest BCUT2D eigenvalue weighted by atomic mass is 79.9. The number of carbonyl (C=O) groups is 1. The van der Waals surface area contributed by atoms with E-state index in [4.69, 9.17) is 4.74 Å². The summed E-state index contributed by atoms with van der Waals surface area (Å²) in [5.74, 6) is 0.730. The molecule has 0 spiro atoms. The Morgan fingerprint density at radius 1 is 1.14 bits per heavy atom. The molecule has 0 aliphatic carbocycles. The van der Waals surface area contributed by atoms with Crippen LogP contribution in [0.3, 0.4) is 0 Å². The van der Waals surface area contributed by atoms with Crippen molar-refractivity contribution in [2.45, 2.75) is 20.4 Å². The van der Waals surface area contributed by atoms with Crippen molar-refractivity contribution in [3.05, 3.63) is 64.0 Å². The number of ether oxygens (including phenoxy) is 1. The molecule has 1 amide bonds. The van der Waals surface area contributed by atoms with E-state index >= 15 is 0 Å². The van der Waals surface area contributed by atoms with Crippen LogP contribution in [-0.2, 0) is 11.3 Å². The van der Waals surface area contributed by atoms with Crippen LogP contribution in [0, 0.1) is 13.8 Å². The van der Waals surface area contributed by atoms with Crippen molar-refractivity contribution >= 4 is 27.5 Å². The second-order valence-electron chi connectivity index (χ2n) is 7.45. The smallest absolute Gasteiger partial charge is 0.260 e. The topological polar surface area (TPSA) is 50.1 Å². The van der Waals surface area contributed by atoms with E-state index in [1.807, 2.05) is 48.2 Å². The number of pyridine rings is 1. The Kier molecular flexibility index (Phi) is 5.87. The molecule has 1 aromatic carbocycles. The van der Waals surface area contributed by atoms with Crippen LogP contribution in [-0.4, -0.2) is 57.9 Å². The summed E-state index contributed by atoms with van der Waals surface area (Å²) in [6.07, 6.45) is 2.06. The minimum absolute atomic E-state index is 0.0307. The van der Waals surface area contributed by atoms with Gasteiger partial charge >= 0.3 is 0 Å². The van der Waals surface area contributed by atoms with Gasteiger partial charge in [-0.05, 0) is 59.6 Å². The van der Waals surface area contributed by atoms with Gasteiger partial charge in [0.05, 0.1) is 15.9 Å². The number of rotatable bonds is 5. The standard InChI is InChI=1S/C22H25BrN4O2/c1-16-6-7-20(18(23)13-16)29-15-22(28)26-11-9-25(10-12-26)14-19-17(2)24-21-5-3-4-8-27(19)21/h3-8,13H,9-12,14-15H2,1-2H3. The monoisotopic (exact) mass is 456 g/mol. The number of amides is 1. The molecule has 152 valence electrons. The number of aromatic nitrogens is 2. The van der Waals surface area contributed by atoms with E-state index in [1.54, 1.807) is 0 Å². The summed E-state index contributed by atoms with van der Waals surface area (Å²) in [7, 11) is 0. The van der Waals surface area contributed by atoms with Gasteiger partial charge in [0, 0.05) is 38.9 Å². The second kappa shape index (κ2) is 8.55. The van der Waals surface area contributed by atoms with Crippen molar-refractivity contribution in [2.24, 2.45) is 0 Å². The Balaban J connectivity index is 1.31. The molecule has 29 heavy (non-hydrogen) atoms. The first-order valence-electron chi connectivity index (χ1n) is 9.83. The average Bonchev–Trinajstić information content (AvgIpc) is 3.03. The van der Waals surface area contributed by atoms with E-state index in [2.05, 4.69) is 43.3 Å². The van der Waals surface area contributed by atoms with Gasteiger partial charge in [-0.15, -0.1) is 0 Å². The highest BCUT2D eigenvalue weighted by Gasteiger charge is 2.23. The van der Waals surface area contributed by atoms with E-state index in [-0.39, 0.29) is 12.5 Å². The summed E-state index contributed by atoms with van der Waals surface area (Å²) in [4.78, 5) is 21.5. The van der Waals surface area contributed by atoms with Crippen molar-refractivity contribution in [1.82, 2.24) is 19.2 Å². The van der Waals surface area contributed by atoms with E-state index in [9.17, 15) is 4.79 Å². The first-order valence-corrected chi connectivity index (χ1v) is 10.6. The second-order valence-corrected chi connectivity index (χ2v) is 8.31. The van der Waals surface area contributed by atoms with Crippen LogP contribution in [0.25, 0.3) is 5.65 Å². The zero-order valence-electron chi connectivity index (χ0n) is 16.8. The average molecular weight is 457 g/mol. The van der Waals surface area contributed by atoms with E-state index in [1.165, 1.54) is 5.69 Å². The summed E-state index contributed by atoms with van der Waals surface area (Å²) in [6.45, 7) is 8.11. The lowest BCUT2D eigenvalue weighted by molar-refractivity contribution is -0.135. The molecule has 4 rings (SSSR count). The third kappa shape index (κ3) is 4.46. The largest absolute Gasteiger partial charge is 0.483 e. The van der Waals surface area contributed by atoms with Gasteiger partial charge in [-0.3, -0.25) is 9.69 Å². The van der Waals surface area contributed by atoms with Gasteiger partial charge in [-0.1, -0.05) is 12.1 Å².